The van der Waals surface area contributed by atoms with E-state index in [9.17, 15) is 0 Å². The van der Waals surface area contributed by atoms with Crippen LogP contribution in [0.1, 0.15) is 25.3 Å². The third-order valence-electron chi connectivity index (χ3n) is 5.48. The van der Waals surface area contributed by atoms with E-state index in [4.69, 9.17) is 4.99 Å². The number of piperazine rings is 1. The lowest BCUT2D eigenvalue weighted by atomic mass is 9.99. The summed E-state index contributed by atoms with van der Waals surface area (Å²) in [6, 6.07) is 10.8. The van der Waals surface area contributed by atoms with Crippen molar-refractivity contribution < 1.29 is 0 Å². The second-order valence-corrected chi connectivity index (χ2v) is 7.71. The average molecular weight is 358 g/mol. The second-order valence-electron chi connectivity index (χ2n) is 7.71. The SMILES string of the molecule is CCNC(=NCC1CCCN(C)C1)N1CCN(Cc2ccccc2)CC1. The number of guanidine groups is 1. The second kappa shape index (κ2) is 9.93. The average Bonchev–Trinajstić information content (AvgIpc) is 2.67. The quantitative estimate of drug-likeness (QED) is 0.646. The van der Waals surface area contributed by atoms with Crippen molar-refractivity contribution >= 4 is 5.96 Å². The van der Waals surface area contributed by atoms with Gasteiger partial charge < -0.3 is 15.1 Å². The summed E-state index contributed by atoms with van der Waals surface area (Å²) in [5, 5.41) is 3.51. The number of likely N-dealkylation sites (tertiary alicyclic amines) is 1. The van der Waals surface area contributed by atoms with Crippen LogP contribution in [0.5, 0.6) is 0 Å². The fourth-order valence-electron chi connectivity index (χ4n) is 4.02. The molecule has 1 N–H and O–H groups in total. The monoisotopic (exact) mass is 357 g/mol. The number of piperidine rings is 1. The van der Waals surface area contributed by atoms with Gasteiger partial charge in [0.05, 0.1) is 0 Å². The molecule has 5 nitrogen and oxygen atoms in total. The van der Waals surface area contributed by atoms with Crippen LogP contribution < -0.4 is 5.32 Å². The number of rotatable bonds is 5. The van der Waals surface area contributed by atoms with Crippen LogP contribution in [-0.4, -0.2) is 80.1 Å². The zero-order valence-electron chi connectivity index (χ0n) is 16.5. The van der Waals surface area contributed by atoms with Crippen LogP contribution in [0.2, 0.25) is 0 Å². The first-order valence-electron chi connectivity index (χ1n) is 10.2. The molecule has 5 heteroatoms. The summed E-state index contributed by atoms with van der Waals surface area (Å²) < 4.78 is 0. The smallest absolute Gasteiger partial charge is 0.194 e. The molecule has 2 fully saturated rings. The summed E-state index contributed by atoms with van der Waals surface area (Å²) in [4.78, 5) is 12.4. The molecule has 0 amide bonds. The maximum atomic E-state index is 4.99. The maximum Gasteiger partial charge on any atom is 0.194 e. The first kappa shape index (κ1) is 19.2. The first-order chi connectivity index (χ1) is 12.7. The van der Waals surface area contributed by atoms with E-state index in [1.165, 1.54) is 31.5 Å². The van der Waals surface area contributed by atoms with Crippen molar-refractivity contribution in [2.24, 2.45) is 10.9 Å². The van der Waals surface area contributed by atoms with Crippen molar-refractivity contribution in [2.75, 3.05) is 59.4 Å². The Balaban J connectivity index is 1.50. The third kappa shape index (κ3) is 5.71. The normalized spacial score (nSPS) is 23.2. The molecular formula is C21H35N5. The molecule has 26 heavy (non-hydrogen) atoms. The molecule has 1 aromatic carbocycles. The summed E-state index contributed by atoms with van der Waals surface area (Å²) in [6.45, 7) is 11.9. The predicted octanol–water partition coefficient (Wildman–Crippen LogP) is 2.11. The minimum atomic E-state index is 0.710. The fraction of sp³-hybridized carbons (Fsp3) is 0.667. The summed E-state index contributed by atoms with van der Waals surface area (Å²) in [5.74, 6) is 1.82. The summed E-state index contributed by atoms with van der Waals surface area (Å²) in [6.07, 6.45) is 2.63. The van der Waals surface area contributed by atoms with E-state index < -0.39 is 0 Å². The van der Waals surface area contributed by atoms with Crippen LogP contribution >= 0.6 is 0 Å². The molecule has 0 spiro atoms. The van der Waals surface area contributed by atoms with Crippen LogP contribution in [0, 0.1) is 5.92 Å². The van der Waals surface area contributed by atoms with Crippen LogP contribution in [0.3, 0.4) is 0 Å². The highest BCUT2D eigenvalue weighted by atomic mass is 15.3. The zero-order valence-corrected chi connectivity index (χ0v) is 16.5. The molecule has 0 aromatic heterocycles. The molecule has 2 aliphatic rings. The number of nitrogens with one attached hydrogen (secondary N) is 1. The van der Waals surface area contributed by atoms with E-state index in [-0.39, 0.29) is 0 Å². The number of hydrogen-bond donors (Lipinski definition) is 1. The lowest BCUT2D eigenvalue weighted by Gasteiger charge is -2.37. The molecule has 0 aliphatic carbocycles. The molecule has 0 saturated carbocycles. The molecule has 0 radical (unpaired) electrons. The van der Waals surface area contributed by atoms with Crippen LogP contribution in [0.25, 0.3) is 0 Å². The van der Waals surface area contributed by atoms with Gasteiger partial charge in [-0.15, -0.1) is 0 Å². The molecule has 2 aliphatic heterocycles. The van der Waals surface area contributed by atoms with E-state index in [1.54, 1.807) is 0 Å². The van der Waals surface area contributed by atoms with E-state index in [0.717, 1.165) is 51.8 Å². The van der Waals surface area contributed by atoms with E-state index in [0.29, 0.717) is 5.92 Å². The number of aliphatic imine (C=N–C) groups is 1. The highest BCUT2D eigenvalue weighted by Crippen LogP contribution is 2.15. The Morgan fingerprint density at radius 2 is 1.88 bits per heavy atom. The summed E-state index contributed by atoms with van der Waals surface area (Å²) in [5.41, 5.74) is 1.41. The van der Waals surface area contributed by atoms with Crippen LogP contribution in [-0.2, 0) is 6.54 Å². The topological polar surface area (TPSA) is 34.1 Å². The van der Waals surface area contributed by atoms with Gasteiger partial charge in [-0.2, -0.15) is 0 Å². The molecule has 1 atom stereocenters. The zero-order chi connectivity index (χ0) is 18.2. The van der Waals surface area contributed by atoms with Crippen molar-refractivity contribution in [3.63, 3.8) is 0 Å². The molecule has 3 rings (SSSR count). The number of nitrogens with zero attached hydrogens (tertiary/aromatic N) is 4. The summed E-state index contributed by atoms with van der Waals surface area (Å²) in [7, 11) is 2.23. The molecule has 0 bridgehead atoms. The number of benzene rings is 1. The van der Waals surface area contributed by atoms with Gasteiger partial charge in [0, 0.05) is 52.4 Å². The van der Waals surface area contributed by atoms with E-state index >= 15 is 0 Å². The molecule has 2 heterocycles. The van der Waals surface area contributed by atoms with Gasteiger partial charge in [-0.05, 0) is 44.8 Å². The Kier molecular flexibility index (Phi) is 7.32. The van der Waals surface area contributed by atoms with Gasteiger partial charge in [-0.25, -0.2) is 0 Å². The van der Waals surface area contributed by atoms with Gasteiger partial charge in [0.15, 0.2) is 5.96 Å². The van der Waals surface area contributed by atoms with Crippen molar-refractivity contribution in [3.8, 4) is 0 Å². The van der Waals surface area contributed by atoms with Gasteiger partial charge in [0.25, 0.3) is 0 Å². The van der Waals surface area contributed by atoms with Crippen molar-refractivity contribution in [3.05, 3.63) is 35.9 Å². The fourth-order valence-corrected chi connectivity index (χ4v) is 4.02. The predicted molar refractivity (Wildman–Crippen MR) is 109 cm³/mol. The highest BCUT2D eigenvalue weighted by Gasteiger charge is 2.21. The largest absolute Gasteiger partial charge is 0.357 e. The van der Waals surface area contributed by atoms with Gasteiger partial charge in [-0.1, -0.05) is 30.3 Å². The Labute approximate surface area is 159 Å². The van der Waals surface area contributed by atoms with E-state index in [2.05, 4.69) is 64.3 Å². The van der Waals surface area contributed by atoms with Gasteiger partial charge in [0.1, 0.15) is 0 Å². The maximum absolute atomic E-state index is 4.99. The Morgan fingerprint density at radius 1 is 1.12 bits per heavy atom. The Hall–Kier alpha value is -1.59. The lowest BCUT2D eigenvalue weighted by molar-refractivity contribution is 0.171. The van der Waals surface area contributed by atoms with E-state index in [1.807, 2.05) is 0 Å². The molecule has 2 saturated heterocycles. The molecule has 1 unspecified atom stereocenters. The van der Waals surface area contributed by atoms with Crippen molar-refractivity contribution in [1.29, 1.82) is 0 Å². The van der Waals surface area contributed by atoms with Crippen molar-refractivity contribution in [2.45, 2.75) is 26.3 Å². The minimum Gasteiger partial charge on any atom is -0.357 e. The highest BCUT2D eigenvalue weighted by molar-refractivity contribution is 5.80. The Bertz CT molecular complexity index is 551. The van der Waals surface area contributed by atoms with Gasteiger partial charge >= 0.3 is 0 Å². The third-order valence-corrected chi connectivity index (χ3v) is 5.48. The lowest BCUT2D eigenvalue weighted by Crippen LogP contribution is -2.52. The van der Waals surface area contributed by atoms with Crippen LogP contribution in [0.15, 0.2) is 35.3 Å². The molecular weight excluding hydrogens is 322 g/mol. The minimum absolute atomic E-state index is 0.710. The Morgan fingerprint density at radius 3 is 2.58 bits per heavy atom. The molecule has 144 valence electrons. The molecule has 1 aromatic rings. The van der Waals surface area contributed by atoms with Gasteiger partial charge in [-0.3, -0.25) is 9.89 Å². The number of hydrogen-bond acceptors (Lipinski definition) is 3. The van der Waals surface area contributed by atoms with Gasteiger partial charge in [0.2, 0.25) is 0 Å². The standard InChI is InChI=1S/C21H35N5/c1-3-22-21(23-16-20-10-7-11-24(2)17-20)26-14-12-25(13-15-26)18-19-8-5-4-6-9-19/h4-6,8-9,20H,3,7,10-18H2,1-2H3,(H,22,23). The first-order valence-corrected chi connectivity index (χ1v) is 10.2. The van der Waals surface area contributed by atoms with Crippen LogP contribution in [0.4, 0.5) is 0 Å². The van der Waals surface area contributed by atoms with Crippen molar-refractivity contribution in [1.82, 2.24) is 20.0 Å². The summed E-state index contributed by atoms with van der Waals surface area (Å²) >= 11 is 0.